The topological polar surface area (TPSA) is 73.3 Å². The van der Waals surface area contributed by atoms with E-state index in [-0.39, 0.29) is 5.91 Å². The molecule has 0 aliphatic rings. The third kappa shape index (κ3) is 5.77. The van der Waals surface area contributed by atoms with E-state index in [4.69, 9.17) is 9.47 Å². The third-order valence-corrected chi connectivity index (χ3v) is 5.04. The van der Waals surface area contributed by atoms with Gasteiger partial charge in [0.15, 0.2) is 5.82 Å². The fraction of sp³-hybridized carbons (Fsp3) is 0.318. The maximum Gasteiger partial charge on any atom is 0.298 e. The summed E-state index contributed by atoms with van der Waals surface area (Å²) in [6.07, 6.45) is 2.59. The van der Waals surface area contributed by atoms with Crippen molar-refractivity contribution in [1.82, 2.24) is 14.7 Å². The van der Waals surface area contributed by atoms with E-state index in [1.165, 1.54) is 11.5 Å². The number of methoxy groups -OCH3 is 1. The lowest BCUT2D eigenvalue weighted by molar-refractivity contribution is 0.0953. The average molecular weight is 412 g/mol. The molecule has 0 aliphatic carbocycles. The minimum atomic E-state index is -0.0979. The number of aryl methyl sites for hydroxylation is 1. The molecule has 0 unspecified atom stereocenters. The summed E-state index contributed by atoms with van der Waals surface area (Å²) in [5, 5.41) is 3.37. The van der Waals surface area contributed by atoms with Gasteiger partial charge in [0.2, 0.25) is 0 Å². The van der Waals surface area contributed by atoms with Crippen molar-refractivity contribution < 1.29 is 14.3 Å². The van der Waals surface area contributed by atoms with Crippen LogP contribution in [0.3, 0.4) is 0 Å². The van der Waals surface area contributed by atoms with Crippen LogP contribution in [-0.4, -0.2) is 28.9 Å². The maximum atomic E-state index is 12.3. The molecule has 0 saturated heterocycles. The van der Waals surface area contributed by atoms with Crippen LogP contribution in [0.15, 0.2) is 42.5 Å². The number of rotatable bonds is 9. The van der Waals surface area contributed by atoms with Gasteiger partial charge in [0.1, 0.15) is 11.5 Å². The van der Waals surface area contributed by atoms with Crippen molar-refractivity contribution in [2.75, 3.05) is 13.7 Å². The van der Waals surface area contributed by atoms with E-state index < -0.39 is 0 Å². The number of nitrogens with one attached hydrogen (secondary N) is 1. The molecule has 1 amide bonds. The van der Waals surface area contributed by atoms with Crippen LogP contribution >= 0.6 is 11.5 Å². The second-order valence-corrected chi connectivity index (χ2v) is 7.41. The van der Waals surface area contributed by atoms with Crippen molar-refractivity contribution in [3.63, 3.8) is 0 Å². The first-order valence-corrected chi connectivity index (χ1v) is 10.4. The number of nitrogens with zero attached hydrogens (tertiary/aromatic N) is 2. The molecule has 3 aromatic rings. The van der Waals surface area contributed by atoms with Gasteiger partial charge in [-0.3, -0.25) is 4.79 Å². The number of benzene rings is 2. The van der Waals surface area contributed by atoms with Crippen LogP contribution in [0.5, 0.6) is 16.7 Å². The van der Waals surface area contributed by atoms with E-state index in [1.807, 2.05) is 37.3 Å². The van der Waals surface area contributed by atoms with Crippen LogP contribution in [-0.2, 0) is 6.42 Å². The molecule has 7 heteroatoms. The van der Waals surface area contributed by atoms with Gasteiger partial charge in [-0.25, -0.2) is 0 Å². The van der Waals surface area contributed by atoms with Crippen molar-refractivity contribution in [3.05, 3.63) is 65.0 Å². The normalized spacial score (nSPS) is 10.6. The van der Waals surface area contributed by atoms with Gasteiger partial charge in [-0.05, 0) is 48.7 Å². The monoisotopic (exact) mass is 411 g/mol. The number of hydrogen-bond donors (Lipinski definition) is 1. The summed E-state index contributed by atoms with van der Waals surface area (Å²) in [4.78, 5) is 16.8. The Morgan fingerprint density at radius 3 is 2.86 bits per heavy atom. The Morgan fingerprint density at radius 2 is 2.07 bits per heavy atom. The molecule has 1 aromatic heterocycles. The number of amides is 1. The molecule has 0 atom stereocenters. The third-order valence-electron chi connectivity index (χ3n) is 4.41. The number of hydrogen-bond acceptors (Lipinski definition) is 6. The van der Waals surface area contributed by atoms with Gasteiger partial charge in [-0.15, -0.1) is 0 Å². The lowest BCUT2D eigenvalue weighted by Crippen LogP contribution is -2.24. The van der Waals surface area contributed by atoms with Crippen molar-refractivity contribution in [2.45, 2.75) is 33.1 Å². The molecule has 2 aromatic carbocycles. The van der Waals surface area contributed by atoms with Gasteiger partial charge in [0.05, 0.1) is 7.11 Å². The number of carbonyl (C=O) groups excluding carboxylic acids is 1. The molecule has 6 nitrogen and oxygen atoms in total. The Bertz CT molecular complexity index is 971. The SMILES string of the molecule is CCCCNC(=O)c1ccc(C)c(Oc2nc(Cc3cccc(OC)c3)ns2)c1. The summed E-state index contributed by atoms with van der Waals surface area (Å²) in [7, 11) is 1.65. The Balaban J connectivity index is 1.68. The van der Waals surface area contributed by atoms with Crippen LogP contribution < -0.4 is 14.8 Å². The molecular weight excluding hydrogens is 386 g/mol. The minimum absolute atomic E-state index is 0.0979. The van der Waals surface area contributed by atoms with Gasteiger partial charge < -0.3 is 14.8 Å². The Labute approximate surface area is 175 Å². The molecule has 1 N–H and O–H groups in total. The highest BCUT2D eigenvalue weighted by atomic mass is 32.1. The van der Waals surface area contributed by atoms with Gasteiger partial charge in [0.25, 0.3) is 11.1 Å². The van der Waals surface area contributed by atoms with E-state index in [0.29, 0.717) is 35.3 Å². The van der Waals surface area contributed by atoms with Crippen LogP contribution in [0.25, 0.3) is 0 Å². The smallest absolute Gasteiger partial charge is 0.298 e. The molecule has 1 heterocycles. The second kappa shape index (κ2) is 10.0. The van der Waals surface area contributed by atoms with Crippen molar-refractivity contribution >= 4 is 17.4 Å². The molecule has 0 aliphatic heterocycles. The molecule has 0 radical (unpaired) electrons. The second-order valence-electron chi connectivity index (χ2n) is 6.70. The van der Waals surface area contributed by atoms with Crippen molar-refractivity contribution in [2.24, 2.45) is 0 Å². The van der Waals surface area contributed by atoms with E-state index in [0.717, 1.165) is 29.7 Å². The van der Waals surface area contributed by atoms with E-state index in [1.54, 1.807) is 19.2 Å². The molecular formula is C22H25N3O3S. The standard InChI is InChI=1S/C22H25N3O3S/c1-4-5-11-23-21(26)17-10-9-15(2)19(14-17)28-22-24-20(25-29-22)13-16-7-6-8-18(12-16)27-3/h6-10,12,14H,4-5,11,13H2,1-3H3,(H,23,26). The highest BCUT2D eigenvalue weighted by Crippen LogP contribution is 2.28. The lowest BCUT2D eigenvalue weighted by Gasteiger charge is -2.09. The zero-order chi connectivity index (χ0) is 20.6. The Morgan fingerprint density at radius 1 is 1.21 bits per heavy atom. The number of ether oxygens (including phenoxy) is 2. The molecule has 0 bridgehead atoms. The van der Waals surface area contributed by atoms with Crippen LogP contribution in [0, 0.1) is 6.92 Å². The predicted octanol–water partition coefficient (Wildman–Crippen LogP) is 4.77. The van der Waals surface area contributed by atoms with Gasteiger partial charge >= 0.3 is 0 Å². The zero-order valence-electron chi connectivity index (χ0n) is 16.9. The minimum Gasteiger partial charge on any atom is -0.497 e. The van der Waals surface area contributed by atoms with Crippen molar-refractivity contribution in [1.29, 1.82) is 0 Å². The highest BCUT2D eigenvalue weighted by Gasteiger charge is 2.12. The van der Waals surface area contributed by atoms with Crippen LogP contribution in [0.1, 0.15) is 47.1 Å². The molecule has 0 saturated carbocycles. The van der Waals surface area contributed by atoms with Crippen LogP contribution in [0.4, 0.5) is 0 Å². The fourth-order valence-corrected chi connectivity index (χ4v) is 3.30. The van der Waals surface area contributed by atoms with Gasteiger partial charge in [0, 0.05) is 30.1 Å². The molecule has 152 valence electrons. The molecule has 0 fully saturated rings. The van der Waals surface area contributed by atoms with E-state index in [9.17, 15) is 4.79 Å². The van der Waals surface area contributed by atoms with Gasteiger partial charge in [-0.2, -0.15) is 9.36 Å². The Hall–Kier alpha value is -2.93. The van der Waals surface area contributed by atoms with Crippen LogP contribution in [0.2, 0.25) is 0 Å². The number of carbonyl (C=O) groups is 1. The number of unbranched alkanes of at least 4 members (excludes halogenated alkanes) is 1. The van der Waals surface area contributed by atoms with Gasteiger partial charge in [-0.1, -0.05) is 31.5 Å². The Kier molecular flexibility index (Phi) is 7.19. The highest BCUT2D eigenvalue weighted by molar-refractivity contribution is 7.07. The van der Waals surface area contributed by atoms with E-state index in [2.05, 4.69) is 21.6 Å². The zero-order valence-corrected chi connectivity index (χ0v) is 17.7. The lowest BCUT2D eigenvalue weighted by atomic mass is 10.1. The van der Waals surface area contributed by atoms with E-state index >= 15 is 0 Å². The molecule has 3 rings (SSSR count). The largest absolute Gasteiger partial charge is 0.497 e. The summed E-state index contributed by atoms with van der Waals surface area (Å²) in [6.45, 7) is 4.70. The average Bonchev–Trinajstić information content (AvgIpc) is 3.16. The van der Waals surface area contributed by atoms with Crippen molar-refractivity contribution in [3.8, 4) is 16.7 Å². The summed E-state index contributed by atoms with van der Waals surface area (Å²) in [5.41, 5.74) is 2.57. The maximum absolute atomic E-state index is 12.3. The first-order valence-electron chi connectivity index (χ1n) is 9.61. The summed E-state index contributed by atoms with van der Waals surface area (Å²) < 4.78 is 15.6. The quantitative estimate of drug-likeness (QED) is 0.514. The fourth-order valence-electron chi connectivity index (χ4n) is 2.74. The summed E-state index contributed by atoms with van der Waals surface area (Å²) in [6, 6.07) is 13.3. The molecule has 0 spiro atoms. The molecule has 29 heavy (non-hydrogen) atoms. The first kappa shape index (κ1) is 20.8. The predicted molar refractivity (Wildman–Crippen MR) is 114 cm³/mol. The summed E-state index contributed by atoms with van der Waals surface area (Å²) in [5.74, 6) is 2.00. The summed E-state index contributed by atoms with van der Waals surface area (Å²) >= 11 is 1.20. The number of aromatic nitrogens is 2. The first-order chi connectivity index (χ1) is 14.1.